The Labute approximate surface area is 203 Å². The van der Waals surface area contributed by atoms with Crippen molar-refractivity contribution in [1.82, 2.24) is 5.32 Å². The van der Waals surface area contributed by atoms with Gasteiger partial charge in [-0.1, -0.05) is 47.0 Å². The standard InChI is InChI=1S/C26H24ClN3O2S/c1-15-4-11-19(12-5-15)30-25(33)29-23-20-14-16(2)6-13-21(20)32-26(30,3)22(23)24(31)28-18-9-7-17(27)8-10-18/h4-14,22-23H,1-3H3,(H,28,31)(H,29,33)/t22-,23+,26-/m0/s1. The SMILES string of the molecule is Cc1ccc(N2C(=S)N[C@@H]3c4cc(C)ccc4O[C@@]2(C)[C@@H]3C(=O)Nc2ccc(Cl)cc2)cc1. The molecule has 1 saturated heterocycles. The number of halogens is 1. The summed E-state index contributed by atoms with van der Waals surface area (Å²) in [7, 11) is 0. The van der Waals surface area contributed by atoms with E-state index in [-0.39, 0.29) is 11.9 Å². The summed E-state index contributed by atoms with van der Waals surface area (Å²) in [5.74, 6) is -0.00433. The van der Waals surface area contributed by atoms with Crippen LogP contribution in [0, 0.1) is 19.8 Å². The van der Waals surface area contributed by atoms with Gasteiger partial charge in [0.1, 0.15) is 11.7 Å². The number of carbonyl (C=O) groups is 1. The fourth-order valence-electron chi connectivity index (χ4n) is 4.74. The summed E-state index contributed by atoms with van der Waals surface area (Å²) >= 11 is 11.8. The highest BCUT2D eigenvalue weighted by atomic mass is 35.5. The van der Waals surface area contributed by atoms with E-state index in [4.69, 9.17) is 28.6 Å². The van der Waals surface area contributed by atoms with Crippen molar-refractivity contribution in [2.75, 3.05) is 10.2 Å². The normalized spacial score (nSPS) is 23.3. The Balaban J connectivity index is 1.62. The summed E-state index contributed by atoms with van der Waals surface area (Å²) in [4.78, 5) is 15.7. The number of hydrogen-bond donors (Lipinski definition) is 2. The highest BCUT2D eigenvalue weighted by molar-refractivity contribution is 7.80. The van der Waals surface area contributed by atoms with Gasteiger partial charge in [-0.3, -0.25) is 9.69 Å². The van der Waals surface area contributed by atoms with Crippen molar-refractivity contribution >= 4 is 46.2 Å². The number of amides is 1. The molecule has 0 radical (unpaired) electrons. The number of anilines is 2. The number of benzene rings is 3. The first-order valence-electron chi connectivity index (χ1n) is 10.8. The zero-order chi connectivity index (χ0) is 23.3. The Morgan fingerprint density at radius 3 is 2.42 bits per heavy atom. The van der Waals surface area contributed by atoms with E-state index in [1.807, 2.05) is 62.1 Å². The number of aryl methyl sites for hydroxylation is 2. The van der Waals surface area contributed by atoms with Gasteiger partial charge in [-0.25, -0.2) is 0 Å². The summed E-state index contributed by atoms with van der Waals surface area (Å²) in [5, 5.41) is 7.62. The third-order valence-corrected chi connectivity index (χ3v) is 6.89. The molecule has 0 aromatic heterocycles. The summed E-state index contributed by atoms with van der Waals surface area (Å²) in [6.07, 6.45) is 0. The monoisotopic (exact) mass is 477 g/mol. The van der Waals surface area contributed by atoms with Crippen molar-refractivity contribution in [3.63, 3.8) is 0 Å². The molecule has 2 N–H and O–H groups in total. The smallest absolute Gasteiger partial charge is 0.236 e. The lowest BCUT2D eigenvalue weighted by molar-refractivity contribution is -0.130. The highest BCUT2D eigenvalue weighted by Crippen LogP contribution is 2.50. The van der Waals surface area contributed by atoms with Crippen LogP contribution in [0.1, 0.15) is 29.7 Å². The Morgan fingerprint density at radius 2 is 1.73 bits per heavy atom. The first kappa shape index (κ1) is 21.7. The Morgan fingerprint density at radius 1 is 1.06 bits per heavy atom. The average molecular weight is 478 g/mol. The largest absolute Gasteiger partial charge is 0.467 e. The molecule has 168 valence electrons. The molecule has 3 aromatic carbocycles. The van der Waals surface area contributed by atoms with Crippen molar-refractivity contribution in [2.24, 2.45) is 5.92 Å². The first-order chi connectivity index (χ1) is 15.8. The van der Waals surface area contributed by atoms with Crippen LogP contribution in [-0.4, -0.2) is 16.7 Å². The van der Waals surface area contributed by atoms with Crippen molar-refractivity contribution in [3.05, 3.63) is 88.4 Å². The predicted molar refractivity (Wildman–Crippen MR) is 136 cm³/mol. The molecule has 2 heterocycles. The van der Waals surface area contributed by atoms with Crippen LogP contribution in [0.2, 0.25) is 5.02 Å². The van der Waals surface area contributed by atoms with Crippen molar-refractivity contribution in [1.29, 1.82) is 0 Å². The number of fused-ring (bicyclic) bond motifs is 4. The molecular weight excluding hydrogens is 454 g/mol. The highest BCUT2D eigenvalue weighted by Gasteiger charge is 2.59. The number of rotatable bonds is 3. The molecule has 2 bridgehead atoms. The van der Waals surface area contributed by atoms with Gasteiger partial charge in [-0.15, -0.1) is 0 Å². The van der Waals surface area contributed by atoms with E-state index < -0.39 is 11.6 Å². The molecule has 0 unspecified atom stereocenters. The Hall–Kier alpha value is -3.09. The molecule has 2 aliphatic heterocycles. The molecular formula is C26H24ClN3O2S. The lowest BCUT2D eigenvalue weighted by Crippen LogP contribution is -2.72. The summed E-state index contributed by atoms with van der Waals surface area (Å²) in [6.45, 7) is 5.99. The molecule has 0 saturated carbocycles. The number of hydrogen-bond acceptors (Lipinski definition) is 3. The van der Waals surface area contributed by atoms with Gasteiger partial charge in [0.2, 0.25) is 5.91 Å². The minimum absolute atomic E-state index is 0.163. The molecule has 1 amide bonds. The van der Waals surface area contributed by atoms with E-state index >= 15 is 0 Å². The van der Waals surface area contributed by atoms with Gasteiger partial charge in [0.05, 0.1) is 6.04 Å². The second-order valence-electron chi connectivity index (χ2n) is 8.77. The molecule has 0 aliphatic carbocycles. The van der Waals surface area contributed by atoms with Gasteiger partial charge in [0, 0.05) is 22.0 Å². The third-order valence-electron chi connectivity index (χ3n) is 6.34. The molecule has 7 heteroatoms. The predicted octanol–water partition coefficient (Wildman–Crippen LogP) is 5.76. The molecule has 2 aliphatic rings. The number of thiocarbonyl (C=S) groups is 1. The van der Waals surface area contributed by atoms with E-state index in [0.29, 0.717) is 15.8 Å². The van der Waals surface area contributed by atoms with Gasteiger partial charge in [-0.2, -0.15) is 0 Å². The van der Waals surface area contributed by atoms with Crippen LogP contribution in [0.3, 0.4) is 0 Å². The van der Waals surface area contributed by atoms with Crippen LogP contribution in [-0.2, 0) is 4.79 Å². The number of ether oxygens (including phenoxy) is 1. The van der Waals surface area contributed by atoms with Crippen molar-refractivity contribution in [3.8, 4) is 5.75 Å². The minimum Gasteiger partial charge on any atom is -0.467 e. The maximum absolute atomic E-state index is 13.8. The fraction of sp³-hybridized carbons (Fsp3) is 0.231. The van der Waals surface area contributed by atoms with Crippen LogP contribution in [0.4, 0.5) is 11.4 Å². The molecule has 5 nitrogen and oxygen atoms in total. The maximum Gasteiger partial charge on any atom is 0.236 e. The number of carbonyl (C=O) groups excluding carboxylic acids is 1. The molecule has 3 aromatic rings. The fourth-order valence-corrected chi connectivity index (χ4v) is 5.28. The van der Waals surface area contributed by atoms with Gasteiger partial charge >= 0.3 is 0 Å². The van der Waals surface area contributed by atoms with Crippen LogP contribution < -0.4 is 20.3 Å². The molecule has 1 fully saturated rings. The quantitative estimate of drug-likeness (QED) is 0.470. The average Bonchev–Trinajstić information content (AvgIpc) is 2.77. The summed E-state index contributed by atoms with van der Waals surface area (Å²) < 4.78 is 6.62. The molecule has 3 atom stereocenters. The maximum atomic E-state index is 13.8. The lowest BCUT2D eigenvalue weighted by atomic mass is 9.78. The van der Waals surface area contributed by atoms with Crippen LogP contribution in [0.5, 0.6) is 5.75 Å². The Bertz CT molecular complexity index is 1250. The van der Waals surface area contributed by atoms with Gasteiger partial charge in [-0.05, 0) is 75.5 Å². The summed E-state index contributed by atoms with van der Waals surface area (Å²) in [5.41, 5.74) is 3.65. The first-order valence-corrected chi connectivity index (χ1v) is 11.6. The van der Waals surface area contributed by atoms with E-state index in [0.717, 1.165) is 28.1 Å². The zero-order valence-corrected chi connectivity index (χ0v) is 20.1. The second kappa shape index (κ2) is 8.04. The van der Waals surface area contributed by atoms with Crippen LogP contribution >= 0.6 is 23.8 Å². The zero-order valence-electron chi connectivity index (χ0n) is 18.6. The molecule has 0 spiro atoms. The second-order valence-corrected chi connectivity index (χ2v) is 9.59. The van der Waals surface area contributed by atoms with E-state index in [1.165, 1.54) is 0 Å². The van der Waals surface area contributed by atoms with Crippen molar-refractivity contribution in [2.45, 2.75) is 32.5 Å². The van der Waals surface area contributed by atoms with E-state index in [2.05, 4.69) is 16.7 Å². The van der Waals surface area contributed by atoms with Gasteiger partial charge in [0.25, 0.3) is 0 Å². The van der Waals surface area contributed by atoms with Crippen LogP contribution in [0.25, 0.3) is 0 Å². The summed E-state index contributed by atoms with van der Waals surface area (Å²) in [6, 6.07) is 20.8. The lowest BCUT2D eigenvalue weighted by Gasteiger charge is -2.56. The Kier molecular flexibility index (Phi) is 5.30. The van der Waals surface area contributed by atoms with Crippen LogP contribution in [0.15, 0.2) is 66.7 Å². The molecule has 5 rings (SSSR count). The number of nitrogens with zero attached hydrogens (tertiary/aromatic N) is 1. The topological polar surface area (TPSA) is 53.6 Å². The van der Waals surface area contributed by atoms with Gasteiger partial charge in [0.15, 0.2) is 10.8 Å². The van der Waals surface area contributed by atoms with Crippen molar-refractivity contribution < 1.29 is 9.53 Å². The van der Waals surface area contributed by atoms with E-state index in [9.17, 15) is 4.79 Å². The van der Waals surface area contributed by atoms with Gasteiger partial charge < -0.3 is 15.4 Å². The van der Waals surface area contributed by atoms with E-state index in [1.54, 1.807) is 24.3 Å². The minimum atomic E-state index is -1.04. The third kappa shape index (κ3) is 3.73. The number of nitrogens with one attached hydrogen (secondary N) is 2. The molecule has 33 heavy (non-hydrogen) atoms.